The topological polar surface area (TPSA) is 29.9 Å². The molecule has 1 fully saturated rings. The summed E-state index contributed by atoms with van der Waals surface area (Å²) in [6, 6.07) is 0. The molecule has 4 heteroatoms. The number of aromatic nitrogens is 2. The maximum atomic E-state index is 6.24. The molecular formula is C10H16ClN3. The summed E-state index contributed by atoms with van der Waals surface area (Å²) < 4.78 is 1.86. The Labute approximate surface area is 89.4 Å². The number of hydrogen-bond donors (Lipinski definition) is 1. The van der Waals surface area contributed by atoms with Crippen molar-refractivity contribution in [3.8, 4) is 0 Å². The number of halogens is 1. The third-order valence-corrected chi connectivity index (χ3v) is 3.29. The molecule has 1 N–H and O–H groups in total. The van der Waals surface area contributed by atoms with Gasteiger partial charge in [0.15, 0.2) is 0 Å². The molecule has 0 radical (unpaired) electrons. The average Bonchev–Trinajstić information content (AvgIpc) is 2.61. The van der Waals surface area contributed by atoms with E-state index in [0.29, 0.717) is 5.92 Å². The number of hydrogen-bond acceptors (Lipinski definition) is 2. The predicted molar refractivity (Wildman–Crippen MR) is 57.8 cm³/mol. The van der Waals surface area contributed by atoms with Crippen LogP contribution in [0.25, 0.3) is 0 Å². The van der Waals surface area contributed by atoms with Crippen LogP contribution in [-0.4, -0.2) is 22.9 Å². The van der Waals surface area contributed by atoms with Crippen LogP contribution >= 0.6 is 11.6 Å². The van der Waals surface area contributed by atoms with Crippen molar-refractivity contribution in [2.75, 3.05) is 13.1 Å². The zero-order chi connectivity index (χ0) is 9.97. The van der Waals surface area contributed by atoms with Crippen molar-refractivity contribution in [3.63, 3.8) is 0 Å². The lowest BCUT2D eigenvalue weighted by Gasteiger charge is -2.21. The summed E-state index contributed by atoms with van der Waals surface area (Å²) in [6.45, 7) is 5.10. The van der Waals surface area contributed by atoms with Gasteiger partial charge in [0.05, 0.1) is 6.20 Å². The number of rotatable bonds is 2. The van der Waals surface area contributed by atoms with Crippen LogP contribution in [-0.2, 0) is 6.54 Å². The summed E-state index contributed by atoms with van der Waals surface area (Å²) in [4.78, 5) is 0. The molecule has 1 aliphatic heterocycles. The molecule has 2 rings (SSSR count). The number of piperidine rings is 1. The minimum Gasteiger partial charge on any atom is -0.317 e. The van der Waals surface area contributed by atoms with E-state index >= 15 is 0 Å². The lowest BCUT2D eigenvalue weighted by molar-refractivity contribution is 0.460. The Morgan fingerprint density at radius 2 is 2.29 bits per heavy atom. The standard InChI is InChI=1S/C10H16ClN3/c1-2-14-10(11)9(7-13-14)8-3-5-12-6-4-8/h7-8,12H,2-6H2,1H3. The van der Waals surface area contributed by atoms with Crippen molar-refractivity contribution >= 4 is 11.6 Å². The minimum absolute atomic E-state index is 0.601. The van der Waals surface area contributed by atoms with Crippen LogP contribution in [0.15, 0.2) is 6.20 Å². The Morgan fingerprint density at radius 1 is 1.57 bits per heavy atom. The maximum Gasteiger partial charge on any atom is 0.130 e. The van der Waals surface area contributed by atoms with E-state index in [-0.39, 0.29) is 0 Å². The van der Waals surface area contributed by atoms with Gasteiger partial charge in [0, 0.05) is 12.1 Å². The quantitative estimate of drug-likeness (QED) is 0.815. The summed E-state index contributed by atoms with van der Waals surface area (Å²) in [5, 5.41) is 8.46. The fraction of sp³-hybridized carbons (Fsp3) is 0.700. The van der Waals surface area contributed by atoms with E-state index in [0.717, 1.165) is 24.8 Å². The van der Waals surface area contributed by atoms with E-state index < -0.39 is 0 Å². The van der Waals surface area contributed by atoms with Gasteiger partial charge in [-0.1, -0.05) is 11.6 Å². The van der Waals surface area contributed by atoms with E-state index in [1.807, 2.05) is 10.9 Å². The zero-order valence-corrected chi connectivity index (χ0v) is 9.22. The van der Waals surface area contributed by atoms with E-state index in [1.54, 1.807) is 0 Å². The first-order valence-corrected chi connectivity index (χ1v) is 5.62. The molecule has 0 saturated carbocycles. The van der Waals surface area contributed by atoms with Gasteiger partial charge in [-0.15, -0.1) is 0 Å². The Hall–Kier alpha value is -0.540. The lowest BCUT2D eigenvalue weighted by atomic mass is 9.93. The molecule has 14 heavy (non-hydrogen) atoms. The van der Waals surface area contributed by atoms with Crippen molar-refractivity contribution < 1.29 is 0 Å². The van der Waals surface area contributed by atoms with Gasteiger partial charge in [-0.25, -0.2) is 0 Å². The third kappa shape index (κ3) is 1.79. The predicted octanol–water partition coefficient (Wildman–Crippen LogP) is 2.02. The van der Waals surface area contributed by atoms with Gasteiger partial charge < -0.3 is 5.32 Å². The monoisotopic (exact) mass is 213 g/mol. The van der Waals surface area contributed by atoms with Crippen LogP contribution in [0.4, 0.5) is 0 Å². The Kier molecular flexibility index (Phi) is 3.08. The molecule has 2 heterocycles. The molecule has 1 aromatic rings. The molecule has 0 spiro atoms. The van der Waals surface area contributed by atoms with Crippen LogP contribution in [0.2, 0.25) is 5.15 Å². The smallest absolute Gasteiger partial charge is 0.130 e. The van der Waals surface area contributed by atoms with Gasteiger partial charge in [0.1, 0.15) is 5.15 Å². The fourth-order valence-electron chi connectivity index (χ4n) is 2.01. The summed E-state index contributed by atoms with van der Waals surface area (Å²) >= 11 is 6.24. The Balaban J connectivity index is 2.18. The summed E-state index contributed by atoms with van der Waals surface area (Å²) in [7, 11) is 0. The molecule has 0 aliphatic carbocycles. The second kappa shape index (κ2) is 4.32. The van der Waals surface area contributed by atoms with Crippen molar-refractivity contribution in [2.24, 2.45) is 0 Å². The molecule has 1 aliphatic rings. The Bertz CT molecular complexity index is 302. The van der Waals surface area contributed by atoms with Gasteiger partial charge in [-0.05, 0) is 38.8 Å². The van der Waals surface area contributed by atoms with Crippen LogP contribution in [0, 0.1) is 0 Å². The first-order valence-electron chi connectivity index (χ1n) is 5.25. The molecule has 0 amide bonds. The van der Waals surface area contributed by atoms with E-state index in [1.165, 1.54) is 18.4 Å². The SMILES string of the molecule is CCn1ncc(C2CCNCC2)c1Cl. The minimum atomic E-state index is 0.601. The lowest BCUT2D eigenvalue weighted by Crippen LogP contribution is -2.26. The molecule has 0 unspecified atom stereocenters. The molecule has 1 aromatic heterocycles. The van der Waals surface area contributed by atoms with Gasteiger partial charge in [0.25, 0.3) is 0 Å². The molecule has 0 atom stereocenters. The van der Waals surface area contributed by atoms with Crippen molar-refractivity contribution in [2.45, 2.75) is 32.2 Å². The summed E-state index contributed by atoms with van der Waals surface area (Å²) in [5.74, 6) is 0.601. The molecule has 1 saturated heterocycles. The number of nitrogens with zero attached hydrogens (tertiary/aromatic N) is 2. The first-order chi connectivity index (χ1) is 6.83. The second-order valence-electron chi connectivity index (χ2n) is 3.73. The Morgan fingerprint density at radius 3 is 2.86 bits per heavy atom. The summed E-state index contributed by atoms with van der Waals surface area (Å²) in [6.07, 6.45) is 4.28. The largest absolute Gasteiger partial charge is 0.317 e. The van der Waals surface area contributed by atoms with E-state index in [2.05, 4.69) is 17.3 Å². The normalized spacial score (nSPS) is 18.7. The molecular weight excluding hydrogens is 198 g/mol. The highest BCUT2D eigenvalue weighted by Crippen LogP contribution is 2.30. The van der Waals surface area contributed by atoms with E-state index in [9.17, 15) is 0 Å². The number of nitrogens with one attached hydrogen (secondary N) is 1. The van der Waals surface area contributed by atoms with Gasteiger partial charge >= 0.3 is 0 Å². The second-order valence-corrected chi connectivity index (χ2v) is 4.09. The molecule has 3 nitrogen and oxygen atoms in total. The summed E-state index contributed by atoms with van der Waals surface area (Å²) in [5.41, 5.74) is 1.23. The highest BCUT2D eigenvalue weighted by atomic mass is 35.5. The van der Waals surface area contributed by atoms with Gasteiger partial charge in [-0.2, -0.15) is 5.10 Å². The van der Waals surface area contributed by atoms with Crippen LogP contribution in [0.3, 0.4) is 0 Å². The van der Waals surface area contributed by atoms with Gasteiger partial charge in [-0.3, -0.25) is 4.68 Å². The maximum absolute atomic E-state index is 6.24. The number of aryl methyl sites for hydroxylation is 1. The first kappa shape index (κ1) is 9.99. The molecule has 0 bridgehead atoms. The van der Waals surface area contributed by atoms with Crippen molar-refractivity contribution in [1.82, 2.24) is 15.1 Å². The fourth-order valence-corrected chi connectivity index (χ4v) is 2.38. The highest BCUT2D eigenvalue weighted by molar-refractivity contribution is 6.30. The van der Waals surface area contributed by atoms with Crippen LogP contribution in [0.1, 0.15) is 31.2 Å². The van der Waals surface area contributed by atoms with Gasteiger partial charge in [0.2, 0.25) is 0 Å². The average molecular weight is 214 g/mol. The zero-order valence-electron chi connectivity index (χ0n) is 8.46. The third-order valence-electron chi connectivity index (χ3n) is 2.88. The van der Waals surface area contributed by atoms with Crippen molar-refractivity contribution in [3.05, 3.63) is 16.9 Å². The van der Waals surface area contributed by atoms with Crippen LogP contribution < -0.4 is 5.32 Å². The van der Waals surface area contributed by atoms with Crippen LogP contribution in [0.5, 0.6) is 0 Å². The molecule has 0 aromatic carbocycles. The molecule has 78 valence electrons. The van der Waals surface area contributed by atoms with Crippen molar-refractivity contribution in [1.29, 1.82) is 0 Å². The van der Waals surface area contributed by atoms with E-state index in [4.69, 9.17) is 11.6 Å². The highest BCUT2D eigenvalue weighted by Gasteiger charge is 2.20.